The van der Waals surface area contributed by atoms with E-state index in [4.69, 9.17) is 0 Å². The van der Waals surface area contributed by atoms with Crippen molar-refractivity contribution in [2.45, 2.75) is 26.2 Å². The zero-order chi connectivity index (χ0) is 10.7. The van der Waals surface area contributed by atoms with Crippen LogP contribution in [0.25, 0.3) is 0 Å². The summed E-state index contributed by atoms with van der Waals surface area (Å²) in [5, 5.41) is 12.6. The molecular weight excluding hydrogens is 188 g/mol. The van der Waals surface area contributed by atoms with Gasteiger partial charge in [0, 0.05) is 26.2 Å². The molecule has 2 N–H and O–H groups in total. The standard InChI is InChI=1S/C12H24N2O/c1-12(4-5-13-9-12)10-14-6-2-3-11(7-14)8-15/h11,13,15H,2-10H2,1H3. The Labute approximate surface area is 92.8 Å². The van der Waals surface area contributed by atoms with Crippen LogP contribution >= 0.6 is 0 Å². The van der Waals surface area contributed by atoms with Crippen molar-refractivity contribution < 1.29 is 5.11 Å². The van der Waals surface area contributed by atoms with Gasteiger partial charge in [-0.2, -0.15) is 0 Å². The minimum Gasteiger partial charge on any atom is -0.396 e. The van der Waals surface area contributed by atoms with Gasteiger partial charge in [0.25, 0.3) is 0 Å². The zero-order valence-corrected chi connectivity index (χ0v) is 9.84. The second-order valence-electron chi connectivity index (χ2n) is 5.66. The summed E-state index contributed by atoms with van der Waals surface area (Å²) in [6.07, 6.45) is 3.77. The smallest absolute Gasteiger partial charge is 0.0471 e. The first-order valence-electron chi connectivity index (χ1n) is 6.26. The van der Waals surface area contributed by atoms with Gasteiger partial charge in [-0.15, -0.1) is 0 Å². The number of likely N-dealkylation sites (tertiary alicyclic amines) is 1. The Hall–Kier alpha value is -0.120. The van der Waals surface area contributed by atoms with E-state index in [9.17, 15) is 5.11 Å². The molecule has 3 heteroatoms. The molecule has 3 nitrogen and oxygen atoms in total. The summed E-state index contributed by atoms with van der Waals surface area (Å²) in [4.78, 5) is 2.55. The van der Waals surface area contributed by atoms with E-state index in [0.717, 1.165) is 13.1 Å². The number of aliphatic hydroxyl groups is 1. The van der Waals surface area contributed by atoms with E-state index in [2.05, 4.69) is 17.1 Å². The third-order valence-electron chi connectivity index (χ3n) is 3.92. The number of hydrogen-bond donors (Lipinski definition) is 2. The molecule has 2 saturated heterocycles. The van der Waals surface area contributed by atoms with Crippen molar-refractivity contribution in [3.05, 3.63) is 0 Å². The molecule has 2 rings (SSSR count). The maximum atomic E-state index is 9.19. The summed E-state index contributed by atoms with van der Waals surface area (Å²) in [6, 6.07) is 0. The van der Waals surface area contributed by atoms with E-state index in [1.807, 2.05) is 0 Å². The molecule has 0 saturated carbocycles. The average Bonchev–Trinajstić information content (AvgIpc) is 2.65. The number of aliphatic hydroxyl groups excluding tert-OH is 1. The van der Waals surface area contributed by atoms with E-state index in [0.29, 0.717) is 17.9 Å². The lowest BCUT2D eigenvalue weighted by atomic mass is 9.87. The summed E-state index contributed by atoms with van der Waals surface area (Å²) in [7, 11) is 0. The minimum absolute atomic E-state index is 0.367. The van der Waals surface area contributed by atoms with Gasteiger partial charge in [0.1, 0.15) is 0 Å². The lowest BCUT2D eigenvalue weighted by molar-refractivity contribution is 0.0896. The number of hydrogen-bond acceptors (Lipinski definition) is 3. The Bertz CT molecular complexity index is 202. The molecule has 2 atom stereocenters. The first-order chi connectivity index (χ1) is 7.22. The molecule has 0 aromatic heterocycles. The summed E-state index contributed by atoms with van der Waals surface area (Å²) >= 11 is 0. The van der Waals surface area contributed by atoms with Gasteiger partial charge in [-0.25, -0.2) is 0 Å². The van der Waals surface area contributed by atoms with Crippen molar-refractivity contribution in [3.8, 4) is 0 Å². The van der Waals surface area contributed by atoms with Crippen molar-refractivity contribution in [3.63, 3.8) is 0 Å². The molecule has 0 amide bonds. The molecule has 2 unspecified atom stereocenters. The quantitative estimate of drug-likeness (QED) is 0.722. The molecule has 2 aliphatic rings. The maximum Gasteiger partial charge on any atom is 0.0471 e. The molecule has 15 heavy (non-hydrogen) atoms. The third kappa shape index (κ3) is 2.92. The van der Waals surface area contributed by atoms with Crippen molar-refractivity contribution in [1.29, 1.82) is 0 Å². The van der Waals surface area contributed by atoms with Gasteiger partial charge in [-0.1, -0.05) is 6.92 Å². The maximum absolute atomic E-state index is 9.19. The Morgan fingerprint density at radius 1 is 1.53 bits per heavy atom. The van der Waals surface area contributed by atoms with Crippen LogP contribution in [-0.4, -0.2) is 49.3 Å². The summed E-state index contributed by atoms with van der Waals surface area (Å²) in [6.45, 7) is 8.62. The predicted octanol–water partition coefficient (Wildman–Crippen LogP) is 0.690. The zero-order valence-electron chi connectivity index (χ0n) is 9.84. The van der Waals surface area contributed by atoms with Gasteiger partial charge >= 0.3 is 0 Å². The SMILES string of the molecule is CC1(CN2CCCC(CO)C2)CCNC1. The van der Waals surface area contributed by atoms with Gasteiger partial charge in [-0.3, -0.25) is 0 Å². The third-order valence-corrected chi connectivity index (χ3v) is 3.92. The van der Waals surface area contributed by atoms with E-state index in [1.54, 1.807) is 0 Å². The highest BCUT2D eigenvalue weighted by Crippen LogP contribution is 2.27. The van der Waals surface area contributed by atoms with Crippen LogP contribution in [0.3, 0.4) is 0 Å². The lowest BCUT2D eigenvalue weighted by Crippen LogP contribution is -2.43. The molecule has 0 aromatic carbocycles. The molecule has 2 heterocycles. The van der Waals surface area contributed by atoms with Gasteiger partial charge in [0.2, 0.25) is 0 Å². The molecule has 0 bridgehead atoms. The first-order valence-corrected chi connectivity index (χ1v) is 6.26. The van der Waals surface area contributed by atoms with Gasteiger partial charge in [0.05, 0.1) is 0 Å². The fourth-order valence-corrected chi connectivity index (χ4v) is 2.99. The lowest BCUT2D eigenvalue weighted by Gasteiger charge is -2.37. The van der Waals surface area contributed by atoms with Crippen molar-refractivity contribution >= 4 is 0 Å². The number of nitrogens with zero attached hydrogens (tertiary/aromatic N) is 1. The molecule has 2 fully saturated rings. The topological polar surface area (TPSA) is 35.5 Å². The molecule has 0 aliphatic carbocycles. The Kier molecular flexibility index (Phi) is 3.65. The highest BCUT2D eigenvalue weighted by Gasteiger charge is 2.32. The highest BCUT2D eigenvalue weighted by molar-refractivity contribution is 4.88. The van der Waals surface area contributed by atoms with Gasteiger partial charge in [0.15, 0.2) is 0 Å². The molecule has 2 aliphatic heterocycles. The Morgan fingerprint density at radius 3 is 3.07 bits per heavy atom. The second-order valence-corrected chi connectivity index (χ2v) is 5.66. The van der Waals surface area contributed by atoms with Crippen LogP contribution in [0.15, 0.2) is 0 Å². The fraction of sp³-hybridized carbons (Fsp3) is 1.00. The second kappa shape index (κ2) is 4.81. The van der Waals surface area contributed by atoms with E-state index >= 15 is 0 Å². The first kappa shape index (κ1) is 11.4. The van der Waals surface area contributed by atoms with Crippen molar-refractivity contribution in [2.75, 3.05) is 39.3 Å². The summed E-state index contributed by atoms with van der Waals surface area (Å²) in [5.41, 5.74) is 0.470. The fourth-order valence-electron chi connectivity index (χ4n) is 2.99. The molecule has 0 spiro atoms. The Balaban J connectivity index is 1.83. The van der Waals surface area contributed by atoms with Crippen LogP contribution in [0, 0.1) is 11.3 Å². The Morgan fingerprint density at radius 2 is 2.40 bits per heavy atom. The summed E-state index contributed by atoms with van der Waals surface area (Å²) < 4.78 is 0. The number of rotatable bonds is 3. The van der Waals surface area contributed by atoms with Crippen LogP contribution in [0.5, 0.6) is 0 Å². The van der Waals surface area contributed by atoms with Crippen LogP contribution in [-0.2, 0) is 0 Å². The normalized spacial score (nSPS) is 38.4. The van der Waals surface area contributed by atoms with E-state index < -0.39 is 0 Å². The van der Waals surface area contributed by atoms with Crippen LogP contribution in [0.1, 0.15) is 26.2 Å². The van der Waals surface area contributed by atoms with Gasteiger partial charge < -0.3 is 15.3 Å². The monoisotopic (exact) mass is 212 g/mol. The van der Waals surface area contributed by atoms with Crippen LogP contribution in [0.2, 0.25) is 0 Å². The highest BCUT2D eigenvalue weighted by atomic mass is 16.3. The molecule has 0 radical (unpaired) electrons. The average molecular weight is 212 g/mol. The molecule has 0 aromatic rings. The van der Waals surface area contributed by atoms with Crippen molar-refractivity contribution in [2.24, 2.45) is 11.3 Å². The van der Waals surface area contributed by atoms with E-state index in [-0.39, 0.29) is 0 Å². The summed E-state index contributed by atoms with van der Waals surface area (Å²) in [5.74, 6) is 0.525. The largest absolute Gasteiger partial charge is 0.396 e. The van der Waals surface area contributed by atoms with Gasteiger partial charge in [-0.05, 0) is 43.7 Å². The van der Waals surface area contributed by atoms with E-state index in [1.165, 1.54) is 38.9 Å². The van der Waals surface area contributed by atoms with Crippen LogP contribution in [0.4, 0.5) is 0 Å². The number of nitrogens with one attached hydrogen (secondary N) is 1. The minimum atomic E-state index is 0.367. The number of piperidine rings is 1. The predicted molar refractivity (Wildman–Crippen MR) is 61.8 cm³/mol. The van der Waals surface area contributed by atoms with Crippen LogP contribution < -0.4 is 5.32 Å². The molecule has 88 valence electrons. The molecular formula is C12H24N2O. The van der Waals surface area contributed by atoms with Crippen molar-refractivity contribution in [1.82, 2.24) is 10.2 Å².